The lowest BCUT2D eigenvalue weighted by Crippen LogP contribution is -2.38. The van der Waals surface area contributed by atoms with Crippen molar-refractivity contribution < 1.29 is 14.3 Å². The predicted octanol–water partition coefficient (Wildman–Crippen LogP) is 4.60. The second kappa shape index (κ2) is 6.93. The Hall–Kier alpha value is -3.68. The molecule has 2 aromatic heterocycles. The number of H-pyrrole nitrogens is 1. The highest BCUT2D eigenvalue weighted by molar-refractivity contribution is 6.39. The lowest BCUT2D eigenvalue weighted by molar-refractivity contribution is -0.0161. The maximum Gasteiger partial charge on any atom is 0.259 e. The van der Waals surface area contributed by atoms with E-state index >= 15 is 0 Å². The van der Waals surface area contributed by atoms with Crippen molar-refractivity contribution in [3.05, 3.63) is 59.2 Å². The number of hydrogen-bond donors (Lipinski definition) is 3. The third-order valence-electron chi connectivity index (χ3n) is 7.24. The van der Waals surface area contributed by atoms with E-state index in [4.69, 9.17) is 4.74 Å². The minimum atomic E-state index is -0.330. The molecule has 5 aromatic rings. The molecule has 0 bridgehead atoms. The van der Waals surface area contributed by atoms with Crippen LogP contribution in [-0.4, -0.2) is 39.6 Å². The third-order valence-corrected chi connectivity index (χ3v) is 7.24. The van der Waals surface area contributed by atoms with Crippen LogP contribution in [0.1, 0.15) is 47.1 Å². The maximum absolute atomic E-state index is 13.2. The van der Waals surface area contributed by atoms with Gasteiger partial charge in [0.05, 0.1) is 39.9 Å². The van der Waals surface area contributed by atoms with E-state index in [9.17, 15) is 9.59 Å². The zero-order chi connectivity index (χ0) is 24.1. The third kappa shape index (κ3) is 2.85. The van der Waals surface area contributed by atoms with Crippen molar-refractivity contribution in [3.63, 3.8) is 0 Å². The van der Waals surface area contributed by atoms with Crippen LogP contribution in [0.15, 0.2) is 42.5 Å². The minimum absolute atomic E-state index is 0.0866. The Morgan fingerprint density at radius 1 is 0.943 bits per heavy atom. The summed E-state index contributed by atoms with van der Waals surface area (Å²) >= 11 is 0. The fourth-order valence-corrected chi connectivity index (χ4v) is 5.84. The molecule has 4 heterocycles. The molecular weight excluding hydrogens is 440 g/mol. The predicted molar refractivity (Wildman–Crippen MR) is 137 cm³/mol. The van der Waals surface area contributed by atoms with Crippen LogP contribution in [-0.2, 0) is 17.8 Å². The summed E-state index contributed by atoms with van der Waals surface area (Å²) in [5, 5.41) is 9.83. The maximum atomic E-state index is 13.2. The van der Waals surface area contributed by atoms with Gasteiger partial charge in [-0.3, -0.25) is 14.9 Å². The summed E-state index contributed by atoms with van der Waals surface area (Å²) in [5.41, 5.74) is 5.80. The number of nitrogens with one attached hydrogen (secondary N) is 3. The second-order valence-electron chi connectivity index (χ2n) is 10.6. The van der Waals surface area contributed by atoms with Gasteiger partial charge in [0.15, 0.2) is 0 Å². The molecule has 7 heteroatoms. The summed E-state index contributed by atoms with van der Waals surface area (Å²) in [7, 11) is 0. The average Bonchev–Trinajstić information content (AvgIpc) is 3.39. The van der Waals surface area contributed by atoms with Crippen LogP contribution in [0.25, 0.3) is 43.6 Å². The molecule has 0 fully saturated rings. The summed E-state index contributed by atoms with van der Waals surface area (Å²) in [6, 6.07) is 14.3. The van der Waals surface area contributed by atoms with Crippen molar-refractivity contribution in [2.24, 2.45) is 0 Å². The fourth-order valence-electron chi connectivity index (χ4n) is 5.84. The first-order valence-electron chi connectivity index (χ1n) is 12.0. The molecule has 0 aliphatic carbocycles. The summed E-state index contributed by atoms with van der Waals surface area (Å²) in [6.07, 6.45) is 0. The first kappa shape index (κ1) is 20.7. The Bertz CT molecular complexity index is 1730. The zero-order valence-electron chi connectivity index (χ0n) is 19.9. The number of aromatic nitrogens is 2. The monoisotopic (exact) mass is 466 g/mol. The number of ether oxygens (including phenoxy) is 1. The number of benzene rings is 3. The Kier molecular flexibility index (Phi) is 4.09. The lowest BCUT2D eigenvalue weighted by Gasteiger charge is -2.25. The highest BCUT2D eigenvalue weighted by atomic mass is 16.5. The number of amides is 2. The van der Waals surface area contributed by atoms with E-state index in [1.165, 1.54) is 5.56 Å². The number of carbonyl (C=O) groups excluding carboxylic acids is 2. The standard InChI is InChI=1S/C28H26N4O3/c1-28(2,3)35-13-15-12-32-24-14(11-29-15)7-6-9-17(24)20-22-21(26(33)31-27(22)34)19-16-8-4-5-10-18(16)30-23(19)25(20)32/h4-10,15,29-30H,11-13H2,1-3H3,(H,31,33,34)/t15-/m1/s1. The topological polar surface area (TPSA) is 88.2 Å². The molecule has 3 N–H and O–H groups in total. The molecule has 0 radical (unpaired) electrons. The molecule has 2 aliphatic heterocycles. The molecule has 2 aliphatic rings. The van der Waals surface area contributed by atoms with Crippen molar-refractivity contribution in [3.8, 4) is 0 Å². The largest absolute Gasteiger partial charge is 0.374 e. The van der Waals surface area contributed by atoms with E-state index in [1.807, 2.05) is 30.3 Å². The summed E-state index contributed by atoms with van der Waals surface area (Å²) < 4.78 is 8.48. The molecule has 7 nitrogen and oxygen atoms in total. The van der Waals surface area contributed by atoms with Crippen LogP contribution in [0.4, 0.5) is 0 Å². The number of carbonyl (C=O) groups is 2. The van der Waals surface area contributed by atoms with Gasteiger partial charge in [-0.1, -0.05) is 36.4 Å². The summed E-state index contributed by atoms with van der Waals surface area (Å²) in [4.78, 5) is 29.9. The molecule has 3 aromatic carbocycles. The summed E-state index contributed by atoms with van der Waals surface area (Å²) in [5.74, 6) is -0.654. The van der Waals surface area contributed by atoms with Gasteiger partial charge in [0.25, 0.3) is 11.8 Å². The van der Waals surface area contributed by atoms with E-state index in [2.05, 4.69) is 53.1 Å². The molecule has 0 saturated heterocycles. The molecule has 0 unspecified atom stereocenters. The molecular formula is C28H26N4O3. The number of hydrogen-bond acceptors (Lipinski definition) is 4. The van der Waals surface area contributed by atoms with Crippen molar-refractivity contribution >= 4 is 55.4 Å². The fraction of sp³-hybridized carbons (Fsp3) is 0.286. The number of rotatable bonds is 2. The highest BCUT2D eigenvalue weighted by Gasteiger charge is 2.36. The van der Waals surface area contributed by atoms with Crippen molar-refractivity contribution in [1.82, 2.24) is 20.2 Å². The van der Waals surface area contributed by atoms with Crippen LogP contribution in [0.3, 0.4) is 0 Å². The number of aromatic amines is 1. The molecule has 2 amide bonds. The number of fused-ring (bicyclic) bond motifs is 10. The first-order valence-corrected chi connectivity index (χ1v) is 12.0. The SMILES string of the molecule is CC(C)(C)OC[C@H]1Cn2c3c(cccc3c3c4c(c5c6ccccc6[nH]c5c32)C(=O)NC4=O)CN1. The first-order chi connectivity index (χ1) is 16.8. The van der Waals surface area contributed by atoms with Crippen LogP contribution in [0.2, 0.25) is 0 Å². The van der Waals surface area contributed by atoms with Gasteiger partial charge in [-0.2, -0.15) is 0 Å². The van der Waals surface area contributed by atoms with E-state index < -0.39 is 0 Å². The molecule has 0 spiro atoms. The zero-order valence-corrected chi connectivity index (χ0v) is 19.9. The van der Waals surface area contributed by atoms with Gasteiger partial charge in [0, 0.05) is 46.2 Å². The highest BCUT2D eigenvalue weighted by Crippen LogP contribution is 2.44. The van der Waals surface area contributed by atoms with Gasteiger partial charge < -0.3 is 19.6 Å². The van der Waals surface area contributed by atoms with Crippen molar-refractivity contribution in [2.75, 3.05) is 6.61 Å². The normalized spacial score (nSPS) is 18.1. The van der Waals surface area contributed by atoms with Gasteiger partial charge in [0.1, 0.15) is 0 Å². The van der Waals surface area contributed by atoms with Crippen LogP contribution < -0.4 is 10.6 Å². The van der Waals surface area contributed by atoms with E-state index in [-0.39, 0.29) is 23.5 Å². The quantitative estimate of drug-likeness (QED) is 0.332. The van der Waals surface area contributed by atoms with Gasteiger partial charge in [-0.25, -0.2) is 0 Å². The number of imide groups is 1. The van der Waals surface area contributed by atoms with Gasteiger partial charge in [-0.05, 0) is 32.4 Å². The van der Waals surface area contributed by atoms with Crippen molar-refractivity contribution in [1.29, 1.82) is 0 Å². The number of nitrogens with zero attached hydrogens (tertiary/aromatic N) is 1. The molecule has 0 saturated carbocycles. The Balaban J connectivity index is 1.62. The second-order valence-corrected chi connectivity index (χ2v) is 10.6. The van der Waals surface area contributed by atoms with Gasteiger partial charge in [-0.15, -0.1) is 0 Å². The number of para-hydroxylation sites is 2. The van der Waals surface area contributed by atoms with Crippen LogP contribution in [0.5, 0.6) is 0 Å². The van der Waals surface area contributed by atoms with E-state index in [1.54, 1.807) is 0 Å². The Morgan fingerprint density at radius 2 is 1.69 bits per heavy atom. The molecule has 176 valence electrons. The molecule has 7 rings (SSSR count). The van der Waals surface area contributed by atoms with Gasteiger partial charge in [0.2, 0.25) is 0 Å². The van der Waals surface area contributed by atoms with Crippen LogP contribution in [0, 0.1) is 0 Å². The van der Waals surface area contributed by atoms with E-state index in [0.29, 0.717) is 30.8 Å². The molecule has 1 atom stereocenters. The smallest absolute Gasteiger partial charge is 0.259 e. The Morgan fingerprint density at radius 3 is 2.49 bits per heavy atom. The summed E-state index contributed by atoms with van der Waals surface area (Å²) in [6.45, 7) is 8.15. The average molecular weight is 467 g/mol. The van der Waals surface area contributed by atoms with E-state index in [0.717, 1.165) is 43.6 Å². The Labute approximate surface area is 201 Å². The lowest BCUT2D eigenvalue weighted by atomic mass is 9.96. The van der Waals surface area contributed by atoms with Crippen molar-refractivity contribution in [2.45, 2.75) is 45.5 Å². The van der Waals surface area contributed by atoms with Gasteiger partial charge >= 0.3 is 0 Å². The molecule has 35 heavy (non-hydrogen) atoms. The minimum Gasteiger partial charge on any atom is -0.374 e. The van der Waals surface area contributed by atoms with Crippen LogP contribution >= 0.6 is 0 Å².